The molecule has 1 aliphatic heterocycles. The molecular formula is C9H6Br2N2O3. The van der Waals surface area contributed by atoms with Crippen molar-refractivity contribution in [2.24, 2.45) is 0 Å². The van der Waals surface area contributed by atoms with Crippen LogP contribution in [-0.2, 0) is 12.8 Å². The molecule has 0 atom stereocenters. The fourth-order valence-corrected chi connectivity index (χ4v) is 2.27. The van der Waals surface area contributed by atoms with Gasteiger partial charge in [-0.1, -0.05) is 31.9 Å². The molecule has 0 saturated heterocycles. The molecule has 1 aliphatic rings. The smallest absolute Gasteiger partial charge is 0.358 e. The highest BCUT2D eigenvalue weighted by atomic mass is 79.9. The first-order chi connectivity index (χ1) is 7.48. The number of hydrogen-bond acceptors (Lipinski definition) is 4. The number of nitrogens with zero attached hydrogens (tertiary/aromatic N) is 1. The predicted molar refractivity (Wildman–Crippen MR) is 63.7 cm³/mol. The molecule has 0 spiro atoms. The summed E-state index contributed by atoms with van der Waals surface area (Å²) >= 11 is 6.47. The first-order valence-electron chi connectivity index (χ1n) is 4.25. The number of nitrogens with one attached hydrogen (secondary N) is 1. The van der Waals surface area contributed by atoms with Gasteiger partial charge in [0.2, 0.25) is 0 Å². The Morgan fingerprint density at radius 1 is 1.56 bits per heavy atom. The third-order valence-electron chi connectivity index (χ3n) is 2.19. The Morgan fingerprint density at radius 2 is 2.25 bits per heavy atom. The Kier molecular flexibility index (Phi) is 2.75. The number of amides is 1. The zero-order chi connectivity index (χ0) is 11.9. The van der Waals surface area contributed by atoms with Crippen molar-refractivity contribution in [3.63, 3.8) is 0 Å². The van der Waals surface area contributed by atoms with Gasteiger partial charge in [0.1, 0.15) is 0 Å². The van der Waals surface area contributed by atoms with Crippen LogP contribution in [0.4, 0.5) is 5.69 Å². The van der Waals surface area contributed by atoms with Crippen molar-refractivity contribution in [1.29, 1.82) is 0 Å². The summed E-state index contributed by atoms with van der Waals surface area (Å²) in [5, 5.41) is 2.58. The molecule has 0 saturated carbocycles. The molecule has 84 valence electrons. The molecule has 5 nitrogen and oxygen atoms in total. The molecule has 16 heavy (non-hydrogen) atoms. The molecule has 0 unspecified atom stereocenters. The SMILES string of the molecule is COC(=O)c1nccc2c1NC(=O)C2(Br)Br. The third-order valence-corrected chi connectivity index (χ3v) is 3.77. The Balaban J connectivity index is 2.61. The van der Waals surface area contributed by atoms with Crippen molar-refractivity contribution in [3.05, 3.63) is 23.5 Å². The Bertz CT molecular complexity index is 488. The lowest BCUT2D eigenvalue weighted by Gasteiger charge is -2.10. The van der Waals surface area contributed by atoms with Crippen molar-refractivity contribution in [1.82, 2.24) is 4.98 Å². The summed E-state index contributed by atoms with van der Waals surface area (Å²) in [4.78, 5) is 26.9. The number of fused-ring (bicyclic) bond motifs is 1. The Morgan fingerprint density at radius 3 is 2.88 bits per heavy atom. The van der Waals surface area contributed by atoms with E-state index in [-0.39, 0.29) is 11.6 Å². The number of anilines is 1. The lowest BCUT2D eigenvalue weighted by atomic mass is 10.1. The summed E-state index contributed by atoms with van der Waals surface area (Å²) < 4.78 is 3.57. The van der Waals surface area contributed by atoms with Gasteiger partial charge in [0, 0.05) is 11.8 Å². The van der Waals surface area contributed by atoms with Crippen molar-refractivity contribution >= 4 is 49.4 Å². The molecule has 2 heterocycles. The van der Waals surface area contributed by atoms with Crippen molar-refractivity contribution in [3.8, 4) is 0 Å². The summed E-state index contributed by atoms with van der Waals surface area (Å²) in [5.41, 5.74) is 1.06. The summed E-state index contributed by atoms with van der Waals surface area (Å²) in [5.74, 6) is -0.893. The molecule has 0 bridgehead atoms. The first-order valence-corrected chi connectivity index (χ1v) is 5.84. The van der Waals surface area contributed by atoms with Crippen molar-refractivity contribution < 1.29 is 14.3 Å². The molecule has 1 aromatic heterocycles. The van der Waals surface area contributed by atoms with E-state index in [2.05, 4.69) is 46.9 Å². The van der Waals surface area contributed by atoms with Gasteiger partial charge < -0.3 is 10.1 Å². The zero-order valence-electron chi connectivity index (χ0n) is 8.08. The highest BCUT2D eigenvalue weighted by molar-refractivity contribution is 9.25. The lowest BCUT2D eigenvalue weighted by molar-refractivity contribution is -0.115. The molecule has 1 aromatic rings. The van der Waals surface area contributed by atoms with Gasteiger partial charge in [-0.25, -0.2) is 9.78 Å². The van der Waals surface area contributed by atoms with Crippen LogP contribution in [0.3, 0.4) is 0 Å². The molecule has 2 rings (SSSR count). The standard InChI is InChI=1S/C9H6Br2N2O3/c1-16-7(14)6-5-4(2-3-12-6)9(10,11)8(15)13-5/h2-3H,1H3,(H,13,15). The summed E-state index contributed by atoms with van der Waals surface area (Å²) in [7, 11) is 1.26. The Hall–Kier alpha value is -0.950. The fraction of sp³-hybridized carbons (Fsp3) is 0.222. The van der Waals surface area contributed by atoms with Crippen LogP contribution in [0.1, 0.15) is 16.1 Å². The molecule has 0 radical (unpaired) electrons. The van der Waals surface area contributed by atoms with E-state index in [9.17, 15) is 9.59 Å². The average Bonchev–Trinajstić information content (AvgIpc) is 2.49. The predicted octanol–water partition coefficient (Wildman–Crippen LogP) is 1.76. The quantitative estimate of drug-likeness (QED) is 0.619. The summed E-state index contributed by atoms with van der Waals surface area (Å²) in [6.45, 7) is 0. The van der Waals surface area contributed by atoms with E-state index in [1.807, 2.05) is 0 Å². The van der Waals surface area contributed by atoms with Crippen LogP contribution in [0.15, 0.2) is 12.3 Å². The molecular weight excluding hydrogens is 344 g/mol. The number of carbonyl (C=O) groups is 2. The normalized spacial score (nSPS) is 16.6. The maximum atomic E-state index is 11.6. The van der Waals surface area contributed by atoms with Crippen LogP contribution in [0.5, 0.6) is 0 Å². The topological polar surface area (TPSA) is 68.3 Å². The van der Waals surface area contributed by atoms with E-state index in [1.54, 1.807) is 6.07 Å². The largest absolute Gasteiger partial charge is 0.464 e. The van der Waals surface area contributed by atoms with E-state index in [4.69, 9.17) is 0 Å². The van der Waals surface area contributed by atoms with Crippen LogP contribution in [0.25, 0.3) is 0 Å². The van der Waals surface area contributed by atoms with Gasteiger partial charge in [0.15, 0.2) is 8.93 Å². The third kappa shape index (κ3) is 1.54. The van der Waals surface area contributed by atoms with Gasteiger partial charge in [-0.15, -0.1) is 0 Å². The molecule has 1 N–H and O–H groups in total. The van der Waals surface area contributed by atoms with E-state index in [1.165, 1.54) is 13.3 Å². The van der Waals surface area contributed by atoms with Crippen LogP contribution in [0, 0.1) is 0 Å². The summed E-state index contributed by atoms with van der Waals surface area (Å²) in [6, 6.07) is 1.64. The molecule has 7 heteroatoms. The van der Waals surface area contributed by atoms with Crippen LogP contribution >= 0.6 is 31.9 Å². The molecule has 1 amide bonds. The van der Waals surface area contributed by atoms with Gasteiger partial charge in [-0.05, 0) is 6.07 Å². The number of alkyl halides is 2. The van der Waals surface area contributed by atoms with Crippen LogP contribution in [0.2, 0.25) is 0 Å². The maximum absolute atomic E-state index is 11.6. The molecule has 0 aromatic carbocycles. The number of carbonyl (C=O) groups excluding carboxylic acids is 2. The fourth-order valence-electron chi connectivity index (χ4n) is 1.42. The minimum Gasteiger partial charge on any atom is -0.464 e. The minimum absolute atomic E-state index is 0.0918. The zero-order valence-corrected chi connectivity index (χ0v) is 11.3. The average molecular weight is 350 g/mol. The van der Waals surface area contributed by atoms with Gasteiger partial charge in [-0.2, -0.15) is 0 Å². The highest BCUT2D eigenvalue weighted by Gasteiger charge is 2.44. The second kappa shape index (κ2) is 3.81. The number of halogens is 2. The van der Waals surface area contributed by atoms with Crippen LogP contribution in [-0.4, -0.2) is 24.0 Å². The van der Waals surface area contributed by atoms with E-state index >= 15 is 0 Å². The number of methoxy groups -OCH3 is 1. The van der Waals surface area contributed by atoms with Gasteiger partial charge in [-0.3, -0.25) is 4.79 Å². The van der Waals surface area contributed by atoms with E-state index in [0.29, 0.717) is 11.3 Å². The minimum atomic E-state index is -1.01. The van der Waals surface area contributed by atoms with Gasteiger partial charge >= 0.3 is 5.97 Å². The second-order valence-corrected chi connectivity index (χ2v) is 6.55. The highest BCUT2D eigenvalue weighted by Crippen LogP contribution is 2.48. The van der Waals surface area contributed by atoms with Crippen molar-refractivity contribution in [2.45, 2.75) is 3.23 Å². The monoisotopic (exact) mass is 348 g/mol. The maximum Gasteiger partial charge on any atom is 0.358 e. The summed E-state index contributed by atoms with van der Waals surface area (Å²) in [6.07, 6.45) is 1.45. The number of esters is 1. The molecule has 0 aliphatic carbocycles. The lowest BCUT2D eigenvalue weighted by Crippen LogP contribution is -2.20. The van der Waals surface area contributed by atoms with Crippen molar-refractivity contribution in [2.75, 3.05) is 12.4 Å². The van der Waals surface area contributed by atoms with Crippen LogP contribution < -0.4 is 5.32 Å². The second-order valence-electron chi connectivity index (χ2n) is 3.10. The number of ether oxygens (including phenoxy) is 1. The van der Waals surface area contributed by atoms with E-state index in [0.717, 1.165) is 0 Å². The number of pyridine rings is 1. The molecule has 0 fully saturated rings. The number of rotatable bonds is 1. The van der Waals surface area contributed by atoms with Gasteiger partial charge in [0.25, 0.3) is 5.91 Å². The van der Waals surface area contributed by atoms with E-state index < -0.39 is 9.20 Å². The Labute approximate surface area is 108 Å². The number of hydrogen-bond donors (Lipinski definition) is 1. The first kappa shape index (κ1) is 11.5. The number of aromatic nitrogens is 1. The van der Waals surface area contributed by atoms with Gasteiger partial charge in [0.05, 0.1) is 12.8 Å².